The summed E-state index contributed by atoms with van der Waals surface area (Å²) in [5, 5.41) is 28.7. The monoisotopic (exact) mass is 530 g/mol. The van der Waals surface area contributed by atoms with Gasteiger partial charge in [0.2, 0.25) is 0 Å². The highest BCUT2D eigenvalue weighted by Crippen LogP contribution is 2.32. The van der Waals surface area contributed by atoms with Crippen LogP contribution >= 0.6 is 0 Å². The van der Waals surface area contributed by atoms with Crippen molar-refractivity contribution in [3.05, 3.63) is 102 Å². The minimum absolute atomic E-state index is 0.228. The van der Waals surface area contributed by atoms with Gasteiger partial charge < -0.3 is 20.1 Å². The quantitative estimate of drug-likeness (QED) is 0.238. The molecule has 7 heteroatoms. The molecule has 0 heterocycles. The first-order valence-corrected chi connectivity index (χ1v) is 12.9. The lowest BCUT2D eigenvalue weighted by Gasteiger charge is -2.30. The molecule has 0 aliphatic heterocycles. The van der Waals surface area contributed by atoms with Crippen molar-refractivity contribution in [3.8, 4) is 11.5 Å². The predicted molar refractivity (Wildman–Crippen MR) is 149 cm³/mol. The van der Waals surface area contributed by atoms with E-state index in [2.05, 4.69) is 0 Å². The van der Waals surface area contributed by atoms with Crippen LogP contribution < -0.4 is 4.74 Å². The Morgan fingerprint density at radius 2 is 1.31 bits per heavy atom. The van der Waals surface area contributed by atoms with E-state index in [4.69, 9.17) is 9.84 Å². The average Bonchev–Trinajstić information content (AvgIpc) is 2.93. The van der Waals surface area contributed by atoms with Gasteiger partial charge in [0.25, 0.3) is 0 Å². The fourth-order valence-corrected chi connectivity index (χ4v) is 4.20. The fourth-order valence-electron chi connectivity index (χ4n) is 4.20. The molecule has 0 aromatic heterocycles. The number of ether oxygens (including phenoxy) is 1. The summed E-state index contributed by atoms with van der Waals surface area (Å²) in [6.45, 7) is 2.90. The maximum absolute atomic E-state index is 12.6. The maximum atomic E-state index is 12.6. The summed E-state index contributed by atoms with van der Waals surface area (Å²) in [5.41, 5.74) is -0.893. The van der Waals surface area contributed by atoms with Gasteiger partial charge in [-0.1, -0.05) is 49.6 Å². The normalized spacial score (nSPS) is 14.7. The SMILES string of the molecule is CC(C)(O)C(=O)c1ccc(Oc2ccc(C(=O)C3(O)CCCCC3)cc2)cc1.O=C(O)C=Cc1ccccc1. The van der Waals surface area contributed by atoms with Gasteiger partial charge >= 0.3 is 5.97 Å². The van der Waals surface area contributed by atoms with E-state index < -0.39 is 17.2 Å². The predicted octanol–water partition coefficient (Wildman–Crippen LogP) is 6.09. The Balaban J connectivity index is 0.000000320. The number of benzene rings is 3. The Bertz CT molecular complexity index is 1280. The van der Waals surface area contributed by atoms with E-state index >= 15 is 0 Å². The maximum Gasteiger partial charge on any atom is 0.328 e. The summed E-state index contributed by atoms with van der Waals surface area (Å²) in [7, 11) is 0. The van der Waals surface area contributed by atoms with Crippen LogP contribution in [0, 0.1) is 0 Å². The zero-order valence-electron chi connectivity index (χ0n) is 22.2. The zero-order chi connectivity index (χ0) is 28.5. The third-order valence-corrected chi connectivity index (χ3v) is 6.35. The van der Waals surface area contributed by atoms with E-state index in [1.54, 1.807) is 54.6 Å². The van der Waals surface area contributed by atoms with Gasteiger partial charge in [0.1, 0.15) is 22.7 Å². The molecule has 4 rings (SSSR count). The van der Waals surface area contributed by atoms with E-state index in [0.717, 1.165) is 30.9 Å². The molecule has 3 aromatic rings. The molecular weight excluding hydrogens is 496 g/mol. The van der Waals surface area contributed by atoms with E-state index in [-0.39, 0.29) is 11.6 Å². The third kappa shape index (κ3) is 8.74. The van der Waals surface area contributed by atoms with Crippen LogP contribution in [-0.4, -0.2) is 44.1 Å². The summed E-state index contributed by atoms with van der Waals surface area (Å²) in [5.74, 6) is -0.421. The minimum atomic E-state index is -1.42. The number of carbonyl (C=O) groups is 3. The van der Waals surface area contributed by atoms with Crippen LogP contribution in [0.5, 0.6) is 11.5 Å². The molecule has 39 heavy (non-hydrogen) atoms. The summed E-state index contributed by atoms with van der Waals surface area (Å²) in [4.78, 5) is 34.8. The molecule has 204 valence electrons. The molecule has 3 aromatic carbocycles. The fraction of sp³-hybridized carbons (Fsp3) is 0.281. The van der Waals surface area contributed by atoms with Gasteiger partial charge in [0.05, 0.1) is 0 Å². The number of carboxylic acids is 1. The summed E-state index contributed by atoms with van der Waals surface area (Å²) >= 11 is 0. The number of rotatable bonds is 8. The number of aliphatic hydroxyl groups is 2. The first-order chi connectivity index (χ1) is 18.5. The number of ketones is 2. The second-order valence-electron chi connectivity index (χ2n) is 10.0. The molecule has 0 spiro atoms. The highest BCUT2D eigenvalue weighted by atomic mass is 16.5. The van der Waals surface area contributed by atoms with E-state index in [1.807, 2.05) is 30.3 Å². The first-order valence-electron chi connectivity index (χ1n) is 12.9. The summed E-state index contributed by atoms with van der Waals surface area (Å²) in [6, 6.07) is 22.5. The molecule has 0 amide bonds. The van der Waals surface area contributed by atoms with Crippen LogP contribution in [0.2, 0.25) is 0 Å². The Morgan fingerprint density at radius 1 is 0.795 bits per heavy atom. The Labute approximate surface area is 228 Å². The summed E-state index contributed by atoms with van der Waals surface area (Å²) < 4.78 is 5.76. The molecule has 1 aliphatic carbocycles. The summed E-state index contributed by atoms with van der Waals surface area (Å²) in [6.07, 6.45) is 6.50. The molecule has 0 bridgehead atoms. The lowest BCUT2D eigenvalue weighted by atomic mass is 9.79. The van der Waals surface area contributed by atoms with Gasteiger partial charge in [-0.05, 0) is 86.9 Å². The number of carbonyl (C=O) groups excluding carboxylic acids is 2. The van der Waals surface area contributed by atoms with Crippen LogP contribution in [0.4, 0.5) is 0 Å². The van der Waals surface area contributed by atoms with Crippen molar-refractivity contribution in [2.75, 3.05) is 0 Å². The van der Waals surface area contributed by atoms with Gasteiger partial charge in [0.15, 0.2) is 11.6 Å². The van der Waals surface area contributed by atoms with E-state index in [0.29, 0.717) is 35.5 Å². The number of aliphatic carboxylic acids is 1. The Morgan fingerprint density at radius 3 is 1.79 bits per heavy atom. The van der Waals surface area contributed by atoms with Crippen molar-refractivity contribution in [2.45, 2.75) is 57.2 Å². The van der Waals surface area contributed by atoms with Crippen LogP contribution in [-0.2, 0) is 4.79 Å². The Hall–Kier alpha value is -4.07. The number of Topliss-reactive ketones (excluding diaryl/α,β-unsaturated/α-hetero) is 2. The lowest BCUT2D eigenvalue weighted by molar-refractivity contribution is -0.131. The van der Waals surface area contributed by atoms with Gasteiger partial charge in [-0.25, -0.2) is 4.79 Å². The van der Waals surface area contributed by atoms with Gasteiger partial charge in [-0.3, -0.25) is 9.59 Å². The zero-order valence-corrected chi connectivity index (χ0v) is 22.2. The molecule has 3 N–H and O–H groups in total. The lowest BCUT2D eigenvalue weighted by Crippen LogP contribution is -2.40. The van der Waals surface area contributed by atoms with Crippen LogP contribution in [0.1, 0.15) is 72.2 Å². The van der Waals surface area contributed by atoms with Crippen molar-refractivity contribution in [2.24, 2.45) is 0 Å². The highest BCUT2D eigenvalue weighted by molar-refractivity contribution is 6.02. The molecule has 0 atom stereocenters. The van der Waals surface area contributed by atoms with Crippen molar-refractivity contribution in [3.63, 3.8) is 0 Å². The van der Waals surface area contributed by atoms with Crippen molar-refractivity contribution in [1.29, 1.82) is 0 Å². The largest absolute Gasteiger partial charge is 0.478 e. The third-order valence-electron chi connectivity index (χ3n) is 6.35. The van der Waals surface area contributed by atoms with Crippen LogP contribution in [0.25, 0.3) is 6.08 Å². The second kappa shape index (κ2) is 13.1. The van der Waals surface area contributed by atoms with Crippen LogP contribution in [0.15, 0.2) is 84.9 Å². The average molecular weight is 531 g/mol. The Kier molecular flexibility index (Phi) is 9.93. The van der Waals surface area contributed by atoms with Crippen molar-refractivity contribution in [1.82, 2.24) is 0 Å². The van der Waals surface area contributed by atoms with Gasteiger partial charge in [-0.15, -0.1) is 0 Å². The van der Waals surface area contributed by atoms with Crippen molar-refractivity contribution >= 4 is 23.6 Å². The van der Waals surface area contributed by atoms with Gasteiger partial charge in [0, 0.05) is 17.2 Å². The highest BCUT2D eigenvalue weighted by Gasteiger charge is 2.37. The molecule has 1 saturated carbocycles. The van der Waals surface area contributed by atoms with Crippen molar-refractivity contribution < 1.29 is 34.4 Å². The standard InChI is InChI=1S/C23H26O5.C9H8O2/c1-22(2,26)20(24)16-6-10-18(11-7-16)28-19-12-8-17(9-13-19)21(25)23(27)14-4-3-5-15-23;10-9(11)7-6-8-4-2-1-3-5-8/h6-13,26-27H,3-5,14-15H2,1-2H3;1-7H,(H,10,11). The van der Waals surface area contributed by atoms with Gasteiger partial charge in [-0.2, -0.15) is 0 Å². The molecule has 0 saturated heterocycles. The molecule has 1 aliphatic rings. The molecule has 0 radical (unpaired) electrons. The number of carboxylic acid groups (broad SMARTS) is 1. The molecule has 0 unspecified atom stereocenters. The van der Waals surface area contributed by atoms with E-state index in [1.165, 1.54) is 13.8 Å². The topological polar surface area (TPSA) is 121 Å². The smallest absolute Gasteiger partial charge is 0.328 e. The number of hydrogen-bond donors (Lipinski definition) is 3. The first kappa shape index (κ1) is 29.5. The molecule has 7 nitrogen and oxygen atoms in total. The van der Waals surface area contributed by atoms with Crippen LogP contribution in [0.3, 0.4) is 0 Å². The van der Waals surface area contributed by atoms with E-state index in [9.17, 15) is 24.6 Å². The minimum Gasteiger partial charge on any atom is -0.478 e. The number of hydrogen-bond acceptors (Lipinski definition) is 6. The molecular formula is C32H34O7. The second-order valence-corrected chi connectivity index (χ2v) is 10.0. The molecule has 1 fully saturated rings.